The zero-order chi connectivity index (χ0) is 15.9. The Morgan fingerprint density at radius 2 is 1.87 bits per heavy atom. The van der Waals surface area contributed by atoms with Crippen LogP contribution in [0.15, 0.2) is 29.3 Å². The maximum absolute atomic E-state index is 5.17. The molecule has 0 radical (unpaired) electrons. The largest absolute Gasteiger partial charge is 0.374 e. The zero-order valence-corrected chi connectivity index (χ0v) is 14.7. The molecule has 0 spiro atoms. The average Bonchev–Trinajstić information content (AvgIpc) is 3.37. The van der Waals surface area contributed by atoms with E-state index in [1.165, 1.54) is 74.7 Å². The summed E-state index contributed by atoms with van der Waals surface area (Å²) >= 11 is 0. The van der Waals surface area contributed by atoms with Crippen LogP contribution in [0.25, 0.3) is 0 Å². The minimum Gasteiger partial charge on any atom is -0.374 e. The van der Waals surface area contributed by atoms with E-state index in [1.54, 1.807) is 0 Å². The van der Waals surface area contributed by atoms with Crippen LogP contribution in [0.1, 0.15) is 81.9 Å². The summed E-state index contributed by atoms with van der Waals surface area (Å²) in [5, 5.41) is 3.59. The smallest absolute Gasteiger partial charge is 0.0970 e. The average molecular weight is 313 g/mol. The second kappa shape index (κ2) is 8.52. The van der Waals surface area contributed by atoms with Crippen molar-refractivity contribution in [1.82, 2.24) is 5.32 Å². The lowest BCUT2D eigenvalue weighted by Gasteiger charge is -2.18. The Balaban J connectivity index is 1.70. The summed E-state index contributed by atoms with van der Waals surface area (Å²) in [6, 6.07) is 9.71. The van der Waals surface area contributed by atoms with Gasteiger partial charge in [0.25, 0.3) is 0 Å². The van der Waals surface area contributed by atoms with Gasteiger partial charge in [-0.3, -0.25) is 4.99 Å². The normalized spacial score (nSPS) is 22.2. The highest BCUT2D eigenvalue weighted by molar-refractivity contribution is 5.82. The number of hydrogen-bond donors (Lipinski definition) is 1. The minimum atomic E-state index is 0.386. The molecule has 2 nitrogen and oxygen atoms in total. The van der Waals surface area contributed by atoms with Crippen LogP contribution in [0.3, 0.4) is 0 Å². The van der Waals surface area contributed by atoms with Crippen LogP contribution >= 0.6 is 0 Å². The molecule has 1 aliphatic carbocycles. The molecule has 0 amide bonds. The number of benzene rings is 1. The van der Waals surface area contributed by atoms with Crippen LogP contribution in [-0.4, -0.2) is 12.4 Å². The molecule has 1 aromatic carbocycles. The molecule has 2 fully saturated rings. The molecule has 1 N–H and O–H groups in total. The molecule has 0 bridgehead atoms. The number of hydrogen-bond acceptors (Lipinski definition) is 1. The lowest BCUT2D eigenvalue weighted by Crippen LogP contribution is -2.27. The molecule has 1 unspecified atom stereocenters. The Morgan fingerprint density at radius 1 is 1.09 bits per heavy atom. The Labute approximate surface area is 141 Å². The maximum Gasteiger partial charge on any atom is 0.0970 e. The summed E-state index contributed by atoms with van der Waals surface area (Å²) < 4.78 is 0. The molecule has 1 saturated carbocycles. The van der Waals surface area contributed by atoms with Crippen molar-refractivity contribution in [2.45, 2.75) is 77.2 Å². The Hall–Kier alpha value is -1.31. The predicted octanol–water partition coefficient (Wildman–Crippen LogP) is 5.43. The van der Waals surface area contributed by atoms with E-state index in [0.717, 1.165) is 18.9 Å². The van der Waals surface area contributed by atoms with E-state index >= 15 is 0 Å². The quantitative estimate of drug-likeness (QED) is 0.744. The molecule has 23 heavy (non-hydrogen) atoms. The van der Waals surface area contributed by atoms with Crippen LogP contribution in [0.2, 0.25) is 0 Å². The molecule has 1 heterocycles. The van der Waals surface area contributed by atoms with Crippen LogP contribution in [0, 0.1) is 5.92 Å². The van der Waals surface area contributed by atoms with Crippen molar-refractivity contribution in [3.05, 3.63) is 35.4 Å². The first kappa shape index (κ1) is 16.5. The first-order chi connectivity index (χ1) is 11.4. The minimum absolute atomic E-state index is 0.386. The van der Waals surface area contributed by atoms with Gasteiger partial charge >= 0.3 is 0 Å². The van der Waals surface area contributed by atoms with E-state index in [0.29, 0.717) is 6.04 Å². The highest BCUT2D eigenvalue weighted by Crippen LogP contribution is 2.43. The van der Waals surface area contributed by atoms with Gasteiger partial charge in [-0.25, -0.2) is 0 Å². The second-order valence-electron chi connectivity index (χ2n) is 7.29. The van der Waals surface area contributed by atoms with Gasteiger partial charge in [-0.2, -0.15) is 0 Å². The number of nitrogens with zero attached hydrogens (tertiary/aromatic N) is 1. The monoisotopic (exact) mass is 312 g/mol. The van der Waals surface area contributed by atoms with Crippen molar-refractivity contribution in [3.8, 4) is 0 Å². The third kappa shape index (κ3) is 5.09. The number of aliphatic imine (C=N–C) groups is 1. The highest BCUT2D eigenvalue weighted by Gasteiger charge is 2.32. The number of amidine groups is 1. The summed E-state index contributed by atoms with van der Waals surface area (Å²) in [4.78, 5) is 5.17. The summed E-state index contributed by atoms with van der Waals surface area (Å²) in [6.45, 7) is 3.36. The topological polar surface area (TPSA) is 24.4 Å². The molecule has 2 aliphatic rings. The van der Waals surface area contributed by atoms with Crippen LogP contribution in [0.4, 0.5) is 0 Å². The summed E-state index contributed by atoms with van der Waals surface area (Å²) in [5.74, 6) is 2.04. The number of unbranched alkanes of at least 4 members (excludes halogenated alkanes) is 1. The first-order valence-corrected chi connectivity index (χ1v) is 9.76. The van der Waals surface area contributed by atoms with Crippen molar-refractivity contribution in [3.63, 3.8) is 0 Å². The SMILES string of the molecule is CCCCc1ccc(C(/N=C2\CCCCCCN2)C2CC2)cc1. The third-order valence-electron chi connectivity index (χ3n) is 5.17. The molecule has 0 aromatic heterocycles. The first-order valence-electron chi connectivity index (χ1n) is 9.76. The number of aryl methyl sites for hydroxylation is 1. The van der Waals surface area contributed by atoms with E-state index in [1.807, 2.05) is 0 Å². The van der Waals surface area contributed by atoms with Crippen molar-refractivity contribution in [1.29, 1.82) is 0 Å². The Bertz CT molecular complexity index is 489. The van der Waals surface area contributed by atoms with E-state index in [9.17, 15) is 0 Å². The van der Waals surface area contributed by atoms with Crippen molar-refractivity contribution >= 4 is 5.84 Å². The summed E-state index contributed by atoms with van der Waals surface area (Å²) in [6.07, 6.45) is 12.9. The van der Waals surface area contributed by atoms with E-state index in [2.05, 4.69) is 36.5 Å². The van der Waals surface area contributed by atoms with Gasteiger partial charge in [-0.15, -0.1) is 0 Å². The Kier molecular flexibility index (Phi) is 6.13. The molecule has 2 heteroatoms. The second-order valence-corrected chi connectivity index (χ2v) is 7.29. The predicted molar refractivity (Wildman–Crippen MR) is 99.0 cm³/mol. The third-order valence-corrected chi connectivity index (χ3v) is 5.17. The molecule has 1 saturated heterocycles. The van der Waals surface area contributed by atoms with E-state index in [-0.39, 0.29) is 0 Å². The highest BCUT2D eigenvalue weighted by atomic mass is 15.0. The van der Waals surface area contributed by atoms with Gasteiger partial charge in [-0.1, -0.05) is 50.5 Å². The maximum atomic E-state index is 5.17. The molecular weight excluding hydrogens is 280 g/mol. The molecule has 1 aliphatic heterocycles. The fraction of sp³-hybridized carbons (Fsp3) is 0.667. The molecular formula is C21H32N2. The van der Waals surface area contributed by atoms with Crippen LogP contribution in [0.5, 0.6) is 0 Å². The standard InChI is InChI=1S/C21H32N2/c1-2-3-8-17-10-12-18(13-11-17)21(19-14-15-19)23-20-9-6-4-5-7-16-22-20/h10-13,19,21H,2-9,14-16H2,1H3,(H,22,23). The lowest BCUT2D eigenvalue weighted by molar-refractivity contribution is 0.589. The van der Waals surface area contributed by atoms with Gasteiger partial charge in [0, 0.05) is 13.0 Å². The van der Waals surface area contributed by atoms with Gasteiger partial charge in [0.05, 0.1) is 11.9 Å². The van der Waals surface area contributed by atoms with Gasteiger partial charge in [0.1, 0.15) is 0 Å². The molecule has 126 valence electrons. The van der Waals surface area contributed by atoms with Gasteiger partial charge in [-0.05, 0) is 55.6 Å². The van der Waals surface area contributed by atoms with Crippen molar-refractivity contribution in [2.75, 3.05) is 6.54 Å². The molecule has 1 aromatic rings. The number of rotatable bonds is 6. The van der Waals surface area contributed by atoms with Crippen LogP contribution < -0.4 is 5.32 Å². The van der Waals surface area contributed by atoms with E-state index < -0.39 is 0 Å². The number of nitrogens with one attached hydrogen (secondary N) is 1. The summed E-state index contributed by atoms with van der Waals surface area (Å²) in [5.41, 5.74) is 2.89. The van der Waals surface area contributed by atoms with E-state index in [4.69, 9.17) is 4.99 Å². The lowest BCUT2D eigenvalue weighted by atomic mass is 9.99. The van der Waals surface area contributed by atoms with Gasteiger partial charge in [0.15, 0.2) is 0 Å². The van der Waals surface area contributed by atoms with Crippen LogP contribution in [-0.2, 0) is 6.42 Å². The van der Waals surface area contributed by atoms with Crippen molar-refractivity contribution in [2.24, 2.45) is 10.9 Å². The Morgan fingerprint density at radius 3 is 2.61 bits per heavy atom. The fourth-order valence-electron chi connectivity index (χ4n) is 3.50. The summed E-state index contributed by atoms with van der Waals surface area (Å²) in [7, 11) is 0. The van der Waals surface area contributed by atoms with Gasteiger partial charge in [0.2, 0.25) is 0 Å². The zero-order valence-electron chi connectivity index (χ0n) is 14.7. The molecule has 1 atom stereocenters. The van der Waals surface area contributed by atoms with Crippen molar-refractivity contribution < 1.29 is 0 Å². The van der Waals surface area contributed by atoms with Gasteiger partial charge < -0.3 is 5.32 Å². The fourth-order valence-corrected chi connectivity index (χ4v) is 3.50. The molecule has 3 rings (SSSR count).